The number of hydrogen-bond acceptors (Lipinski definition) is 4. The molecule has 1 aromatic rings. The molecule has 0 spiro atoms. The van der Waals surface area contributed by atoms with Gasteiger partial charge < -0.3 is 15.0 Å². The van der Waals surface area contributed by atoms with Gasteiger partial charge in [-0.2, -0.15) is 0 Å². The van der Waals surface area contributed by atoms with Gasteiger partial charge in [0, 0.05) is 26.2 Å². The van der Waals surface area contributed by atoms with Crippen LogP contribution in [0.3, 0.4) is 0 Å². The van der Waals surface area contributed by atoms with Crippen molar-refractivity contribution in [2.75, 3.05) is 32.2 Å². The molecule has 1 rings (SSSR count). The number of pyridine rings is 1. The van der Waals surface area contributed by atoms with E-state index in [1.54, 1.807) is 7.11 Å². The second-order valence-electron chi connectivity index (χ2n) is 4.30. The van der Waals surface area contributed by atoms with Gasteiger partial charge in [0.05, 0.1) is 12.3 Å². The van der Waals surface area contributed by atoms with Gasteiger partial charge in [-0.3, -0.25) is 0 Å². The molecule has 96 valence electrons. The highest BCUT2D eigenvalue weighted by atomic mass is 16.5. The van der Waals surface area contributed by atoms with Crippen LogP contribution in [0.15, 0.2) is 18.2 Å². The number of methoxy groups -OCH3 is 1. The number of aromatic nitrogens is 1. The summed E-state index contributed by atoms with van der Waals surface area (Å²) >= 11 is 0. The van der Waals surface area contributed by atoms with Gasteiger partial charge in [0.1, 0.15) is 5.82 Å². The molecule has 0 aliphatic heterocycles. The van der Waals surface area contributed by atoms with E-state index >= 15 is 0 Å². The second-order valence-corrected chi connectivity index (χ2v) is 4.30. The first-order valence-electron chi connectivity index (χ1n) is 6.05. The zero-order valence-electron chi connectivity index (χ0n) is 11.2. The van der Waals surface area contributed by atoms with Crippen molar-refractivity contribution in [3.8, 4) is 0 Å². The highest BCUT2D eigenvalue weighted by Gasteiger charge is 2.11. The van der Waals surface area contributed by atoms with E-state index in [0.29, 0.717) is 6.04 Å². The van der Waals surface area contributed by atoms with Crippen molar-refractivity contribution in [1.29, 1.82) is 0 Å². The first-order valence-corrected chi connectivity index (χ1v) is 6.05. The third-order valence-corrected chi connectivity index (χ3v) is 2.60. The maximum Gasteiger partial charge on any atom is 0.129 e. The summed E-state index contributed by atoms with van der Waals surface area (Å²) in [5.74, 6) is 1.02. The second kappa shape index (κ2) is 7.25. The molecule has 0 saturated heterocycles. The van der Waals surface area contributed by atoms with Gasteiger partial charge in [-0.25, -0.2) is 4.98 Å². The molecule has 0 aromatic carbocycles. The number of nitrogens with zero attached hydrogens (tertiary/aromatic N) is 2. The van der Waals surface area contributed by atoms with Gasteiger partial charge in [-0.05, 0) is 33.0 Å². The summed E-state index contributed by atoms with van der Waals surface area (Å²) in [6.45, 7) is 6.72. The van der Waals surface area contributed by atoms with Crippen molar-refractivity contribution in [3.05, 3.63) is 23.9 Å². The molecule has 0 unspecified atom stereocenters. The van der Waals surface area contributed by atoms with E-state index in [2.05, 4.69) is 41.2 Å². The minimum atomic E-state index is 0.419. The highest BCUT2D eigenvalue weighted by molar-refractivity contribution is 5.40. The summed E-state index contributed by atoms with van der Waals surface area (Å²) in [6, 6.07) is 6.56. The van der Waals surface area contributed by atoms with Gasteiger partial charge >= 0.3 is 0 Å². The van der Waals surface area contributed by atoms with Gasteiger partial charge in [0.2, 0.25) is 0 Å². The Bertz CT molecular complexity index is 328. The Morgan fingerprint density at radius 3 is 2.76 bits per heavy atom. The van der Waals surface area contributed by atoms with E-state index in [0.717, 1.165) is 31.2 Å². The first kappa shape index (κ1) is 13.9. The Morgan fingerprint density at radius 2 is 2.18 bits per heavy atom. The lowest BCUT2D eigenvalue weighted by atomic mass is 10.3. The molecule has 1 heterocycles. The molecule has 1 aromatic heterocycles. The van der Waals surface area contributed by atoms with Gasteiger partial charge in [-0.15, -0.1) is 0 Å². The standard InChI is InChI=1S/C13H23N3O/c1-11(2)16(8-9-17-4)13-7-5-6-12(15-13)10-14-3/h5-7,11,14H,8-10H2,1-4H3. The first-order chi connectivity index (χ1) is 8.19. The summed E-state index contributed by atoms with van der Waals surface area (Å²) < 4.78 is 5.14. The Hall–Kier alpha value is -1.13. The largest absolute Gasteiger partial charge is 0.383 e. The zero-order chi connectivity index (χ0) is 12.7. The molecule has 4 nitrogen and oxygen atoms in total. The van der Waals surface area contributed by atoms with Crippen LogP contribution < -0.4 is 10.2 Å². The molecule has 0 radical (unpaired) electrons. The normalized spacial score (nSPS) is 10.9. The van der Waals surface area contributed by atoms with Gasteiger partial charge in [0.25, 0.3) is 0 Å². The Kier molecular flexibility index (Phi) is 5.94. The molecule has 0 saturated carbocycles. The SMILES string of the molecule is CNCc1cccc(N(CCOC)C(C)C)n1. The molecule has 0 fully saturated rings. The number of ether oxygens (including phenoxy) is 1. The van der Waals surface area contributed by atoms with Crippen LogP contribution >= 0.6 is 0 Å². The van der Waals surface area contributed by atoms with Crippen molar-refractivity contribution in [2.24, 2.45) is 0 Å². The molecule has 0 aliphatic carbocycles. The molecule has 0 bridgehead atoms. The topological polar surface area (TPSA) is 37.4 Å². The van der Waals surface area contributed by atoms with E-state index in [9.17, 15) is 0 Å². The fourth-order valence-electron chi connectivity index (χ4n) is 1.73. The van der Waals surface area contributed by atoms with Crippen LogP contribution in [0.1, 0.15) is 19.5 Å². The fourth-order valence-corrected chi connectivity index (χ4v) is 1.73. The molecule has 0 amide bonds. The molecule has 17 heavy (non-hydrogen) atoms. The molecular weight excluding hydrogens is 214 g/mol. The number of anilines is 1. The third kappa shape index (κ3) is 4.32. The van der Waals surface area contributed by atoms with Crippen molar-refractivity contribution < 1.29 is 4.74 Å². The van der Waals surface area contributed by atoms with Crippen LogP contribution in [-0.2, 0) is 11.3 Å². The Balaban J connectivity index is 2.81. The number of nitrogens with one attached hydrogen (secondary N) is 1. The Labute approximate surface area is 104 Å². The number of rotatable bonds is 7. The Morgan fingerprint density at radius 1 is 1.41 bits per heavy atom. The summed E-state index contributed by atoms with van der Waals surface area (Å²) in [5.41, 5.74) is 1.06. The van der Waals surface area contributed by atoms with Crippen LogP contribution in [0.4, 0.5) is 5.82 Å². The molecule has 0 aliphatic rings. The van der Waals surface area contributed by atoms with Crippen molar-refractivity contribution in [3.63, 3.8) is 0 Å². The third-order valence-electron chi connectivity index (χ3n) is 2.60. The minimum Gasteiger partial charge on any atom is -0.383 e. The van der Waals surface area contributed by atoms with E-state index in [4.69, 9.17) is 4.74 Å². The average molecular weight is 237 g/mol. The zero-order valence-corrected chi connectivity index (χ0v) is 11.2. The van der Waals surface area contributed by atoms with E-state index in [1.165, 1.54) is 0 Å². The summed E-state index contributed by atoms with van der Waals surface area (Å²) in [5, 5.41) is 3.12. The van der Waals surface area contributed by atoms with Crippen LogP contribution in [0, 0.1) is 0 Å². The van der Waals surface area contributed by atoms with Crippen LogP contribution in [0.5, 0.6) is 0 Å². The van der Waals surface area contributed by atoms with E-state index < -0.39 is 0 Å². The predicted octanol–water partition coefficient (Wildman–Crippen LogP) is 1.66. The van der Waals surface area contributed by atoms with Crippen LogP contribution in [0.25, 0.3) is 0 Å². The molecule has 0 atom stereocenters. The van der Waals surface area contributed by atoms with Crippen molar-refractivity contribution in [1.82, 2.24) is 10.3 Å². The van der Waals surface area contributed by atoms with Crippen molar-refractivity contribution in [2.45, 2.75) is 26.4 Å². The quantitative estimate of drug-likeness (QED) is 0.782. The monoisotopic (exact) mass is 237 g/mol. The average Bonchev–Trinajstić information content (AvgIpc) is 2.30. The summed E-state index contributed by atoms with van der Waals surface area (Å²) in [6.07, 6.45) is 0. The minimum absolute atomic E-state index is 0.419. The molecular formula is C13H23N3O. The highest BCUT2D eigenvalue weighted by Crippen LogP contribution is 2.14. The lowest BCUT2D eigenvalue weighted by Crippen LogP contribution is -2.34. The molecule has 1 N–H and O–H groups in total. The predicted molar refractivity (Wildman–Crippen MR) is 71.4 cm³/mol. The smallest absolute Gasteiger partial charge is 0.129 e. The summed E-state index contributed by atoms with van der Waals surface area (Å²) in [4.78, 5) is 6.90. The fraction of sp³-hybridized carbons (Fsp3) is 0.615. The van der Waals surface area contributed by atoms with Gasteiger partial charge in [-0.1, -0.05) is 6.07 Å². The summed E-state index contributed by atoms with van der Waals surface area (Å²) in [7, 11) is 3.66. The van der Waals surface area contributed by atoms with Crippen molar-refractivity contribution >= 4 is 5.82 Å². The van der Waals surface area contributed by atoms with E-state index in [1.807, 2.05) is 13.1 Å². The lowest BCUT2D eigenvalue weighted by Gasteiger charge is -2.27. The van der Waals surface area contributed by atoms with Crippen LogP contribution in [0.2, 0.25) is 0 Å². The molecule has 4 heteroatoms. The lowest BCUT2D eigenvalue weighted by molar-refractivity contribution is 0.203. The van der Waals surface area contributed by atoms with Crippen LogP contribution in [-0.4, -0.2) is 38.3 Å². The maximum atomic E-state index is 5.14. The maximum absolute atomic E-state index is 5.14. The van der Waals surface area contributed by atoms with E-state index in [-0.39, 0.29) is 0 Å². The van der Waals surface area contributed by atoms with Gasteiger partial charge in [0.15, 0.2) is 0 Å². The number of hydrogen-bond donors (Lipinski definition) is 1.